The van der Waals surface area contributed by atoms with Gasteiger partial charge in [0.05, 0.1) is 13.5 Å². The maximum absolute atomic E-state index is 13.2. The number of hydrogen-bond acceptors (Lipinski definition) is 2. The highest BCUT2D eigenvalue weighted by atomic mass is 19.1. The first-order chi connectivity index (χ1) is 7.58. The molecule has 0 heterocycles. The van der Waals surface area contributed by atoms with E-state index in [-0.39, 0.29) is 18.1 Å². The summed E-state index contributed by atoms with van der Waals surface area (Å²) in [6.07, 6.45) is 0.742. The van der Waals surface area contributed by atoms with Gasteiger partial charge in [0.25, 0.3) is 0 Å². The van der Waals surface area contributed by atoms with Crippen molar-refractivity contribution < 1.29 is 19.0 Å². The Kier molecular flexibility index (Phi) is 4.28. The Bertz CT molecular complexity index is 377. The number of carbonyl (C=O) groups is 1. The van der Waals surface area contributed by atoms with Crippen LogP contribution in [0, 0.1) is 5.82 Å². The van der Waals surface area contributed by atoms with Crippen LogP contribution in [0.25, 0.3) is 0 Å². The summed E-state index contributed by atoms with van der Waals surface area (Å²) in [4.78, 5) is 10.7. The van der Waals surface area contributed by atoms with Gasteiger partial charge in [-0.25, -0.2) is 4.39 Å². The molecule has 88 valence electrons. The topological polar surface area (TPSA) is 46.5 Å². The highest BCUT2D eigenvalue weighted by Crippen LogP contribution is 2.28. The van der Waals surface area contributed by atoms with E-state index in [0.717, 1.165) is 5.56 Å². The summed E-state index contributed by atoms with van der Waals surface area (Å²) in [6.45, 7) is 1.91. The number of aliphatic carboxylic acids is 1. The summed E-state index contributed by atoms with van der Waals surface area (Å²) in [5, 5.41) is 8.75. The SMILES string of the molecule is CC[C@@H](CC(=O)O)c1ccc(F)c(OC)c1. The quantitative estimate of drug-likeness (QED) is 0.839. The van der Waals surface area contributed by atoms with Crippen molar-refractivity contribution >= 4 is 5.97 Å². The first-order valence-corrected chi connectivity index (χ1v) is 5.13. The van der Waals surface area contributed by atoms with Crippen LogP contribution in [0.3, 0.4) is 0 Å². The highest BCUT2D eigenvalue weighted by Gasteiger charge is 2.15. The zero-order valence-corrected chi connectivity index (χ0v) is 9.37. The van der Waals surface area contributed by atoms with Gasteiger partial charge in [0.1, 0.15) is 0 Å². The lowest BCUT2D eigenvalue weighted by Gasteiger charge is -2.14. The first-order valence-electron chi connectivity index (χ1n) is 5.13. The lowest BCUT2D eigenvalue weighted by atomic mass is 9.93. The van der Waals surface area contributed by atoms with Gasteiger partial charge in [0.2, 0.25) is 0 Å². The Morgan fingerprint density at radius 3 is 2.75 bits per heavy atom. The fourth-order valence-corrected chi connectivity index (χ4v) is 1.64. The average Bonchev–Trinajstić information content (AvgIpc) is 2.26. The minimum atomic E-state index is -0.852. The van der Waals surface area contributed by atoms with Crippen LogP contribution in [0.2, 0.25) is 0 Å². The number of hydrogen-bond donors (Lipinski definition) is 1. The van der Waals surface area contributed by atoms with E-state index >= 15 is 0 Å². The molecule has 0 aliphatic rings. The molecule has 0 aromatic heterocycles. The zero-order chi connectivity index (χ0) is 12.1. The molecule has 0 fully saturated rings. The Balaban J connectivity index is 2.96. The van der Waals surface area contributed by atoms with Gasteiger partial charge < -0.3 is 9.84 Å². The molecule has 0 aliphatic carbocycles. The first kappa shape index (κ1) is 12.5. The third kappa shape index (κ3) is 2.95. The maximum atomic E-state index is 13.2. The molecule has 1 rings (SSSR count). The molecule has 0 saturated heterocycles. The number of carboxylic acid groups (broad SMARTS) is 1. The molecule has 0 aliphatic heterocycles. The Morgan fingerprint density at radius 1 is 1.56 bits per heavy atom. The third-order valence-electron chi connectivity index (χ3n) is 2.56. The molecule has 0 spiro atoms. The van der Waals surface area contributed by atoms with Gasteiger partial charge in [0, 0.05) is 0 Å². The summed E-state index contributed by atoms with van der Waals surface area (Å²) in [7, 11) is 1.39. The molecular formula is C12H15FO3. The minimum absolute atomic E-state index is 0.0469. The summed E-state index contributed by atoms with van der Waals surface area (Å²) in [5.74, 6) is -1.24. The normalized spacial score (nSPS) is 12.2. The molecule has 0 radical (unpaired) electrons. The molecule has 1 aromatic rings. The lowest BCUT2D eigenvalue weighted by molar-refractivity contribution is -0.137. The molecule has 0 amide bonds. The smallest absolute Gasteiger partial charge is 0.303 e. The number of ether oxygens (including phenoxy) is 1. The molecule has 16 heavy (non-hydrogen) atoms. The molecule has 1 N–H and O–H groups in total. The van der Waals surface area contributed by atoms with Crippen LogP contribution in [0.15, 0.2) is 18.2 Å². The molecule has 0 saturated carbocycles. The van der Waals surface area contributed by atoms with E-state index in [4.69, 9.17) is 9.84 Å². The monoisotopic (exact) mass is 226 g/mol. The van der Waals surface area contributed by atoms with Gasteiger partial charge in [0.15, 0.2) is 11.6 Å². The molecular weight excluding hydrogens is 211 g/mol. The molecule has 1 atom stereocenters. The van der Waals surface area contributed by atoms with E-state index in [1.165, 1.54) is 13.2 Å². The van der Waals surface area contributed by atoms with Crippen LogP contribution >= 0.6 is 0 Å². The third-order valence-corrected chi connectivity index (χ3v) is 2.56. The van der Waals surface area contributed by atoms with E-state index in [1.807, 2.05) is 6.92 Å². The average molecular weight is 226 g/mol. The van der Waals surface area contributed by atoms with E-state index in [9.17, 15) is 9.18 Å². The van der Waals surface area contributed by atoms with E-state index in [1.54, 1.807) is 12.1 Å². The van der Waals surface area contributed by atoms with Crippen LogP contribution in [0.1, 0.15) is 31.2 Å². The van der Waals surface area contributed by atoms with Gasteiger partial charge in [-0.15, -0.1) is 0 Å². The van der Waals surface area contributed by atoms with Crippen molar-refractivity contribution in [1.82, 2.24) is 0 Å². The van der Waals surface area contributed by atoms with Crippen LogP contribution in [0.5, 0.6) is 5.75 Å². The van der Waals surface area contributed by atoms with Crippen LogP contribution in [-0.2, 0) is 4.79 Å². The predicted molar refractivity (Wildman–Crippen MR) is 58.2 cm³/mol. The summed E-state index contributed by atoms with van der Waals surface area (Å²) >= 11 is 0. The van der Waals surface area contributed by atoms with E-state index in [2.05, 4.69) is 0 Å². The van der Waals surface area contributed by atoms with Crippen molar-refractivity contribution in [2.24, 2.45) is 0 Å². The van der Waals surface area contributed by atoms with Crippen LogP contribution in [-0.4, -0.2) is 18.2 Å². The largest absolute Gasteiger partial charge is 0.494 e. The van der Waals surface area contributed by atoms with Crippen LogP contribution in [0.4, 0.5) is 4.39 Å². The Morgan fingerprint density at radius 2 is 2.25 bits per heavy atom. The van der Waals surface area contributed by atoms with Gasteiger partial charge >= 0.3 is 5.97 Å². The molecule has 1 aromatic carbocycles. The number of halogens is 1. The van der Waals surface area contributed by atoms with Crippen molar-refractivity contribution in [3.8, 4) is 5.75 Å². The summed E-state index contributed by atoms with van der Waals surface area (Å²) < 4.78 is 18.0. The number of methoxy groups -OCH3 is 1. The van der Waals surface area contributed by atoms with Crippen LogP contribution < -0.4 is 4.74 Å². The zero-order valence-electron chi connectivity index (χ0n) is 9.37. The highest BCUT2D eigenvalue weighted by molar-refractivity contribution is 5.68. The summed E-state index contributed by atoms with van der Waals surface area (Å²) in [5.41, 5.74) is 0.795. The summed E-state index contributed by atoms with van der Waals surface area (Å²) in [6, 6.07) is 4.47. The van der Waals surface area contributed by atoms with Gasteiger partial charge in [-0.1, -0.05) is 13.0 Å². The second kappa shape index (κ2) is 5.49. The molecule has 4 heteroatoms. The van der Waals surface area contributed by atoms with E-state index < -0.39 is 11.8 Å². The van der Waals surface area contributed by atoms with Crippen molar-refractivity contribution in [3.63, 3.8) is 0 Å². The van der Waals surface area contributed by atoms with Gasteiger partial charge in [-0.3, -0.25) is 4.79 Å². The van der Waals surface area contributed by atoms with Crippen molar-refractivity contribution in [1.29, 1.82) is 0 Å². The molecule has 0 unspecified atom stereocenters. The predicted octanol–water partition coefficient (Wildman–Crippen LogP) is 2.80. The van der Waals surface area contributed by atoms with Gasteiger partial charge in [-0.2, -0.15) is 0 Å². The van der Waals surface area contributed by atoms with Crippen molar-refractivity contribution in [2.75, 3.05) is 7.11 Å². The number of carboxylic acids is 1. The Labute approximate surface area is 93.9 Å². The molecule has 0 bridgehead atoms. The standard InChI is InChI=1S/C12H15FO3/c1-3-8(7-12(14)15)9-4-5-10(13)11(6-9)16-2/h4-6,8H,3,7H2,1-2H3,(H,14,15)/t8-/m0/s1. The second-order valence-electron chi connectivity index (χ2n) is 3.60. The number of rotatable bonds is 5. The fourth-order valence-electron chi connectivity index (χ4n) is 1.64. The minimum Gasteiger partial charge on any atom is -0.494 e. The fraction of sp³-hybridized carbons (Fsp3) is 0.417. The van der Waals surface area contributed by atoms with Gasteiger partial charge in [-0.05, 0) is 30.0 Å². The van der Waals surface area contributed by atoms with Crippen molar-refractivity contribution in [2.45, 2.75) is 25.7 Å². The number of benzene rings is 1. The Hall–Kier alpha value is -1.58. The lowest BCUT2D eigenvalue weighted by Crippen LogP contribution is -2.06. The second-order valence-corrected chi connectivity index (χ2v) is 3.60. The maximum Gasteiger partial charge on any atom is 0.303 e. The van der Waals surface area contributed by atoms with E-state index in [0.29, 0.717) is 6.42 Å². The van der Waals surface area contributed by atoms with Crippen molar-refractivity contribution in [3.05, 3.63) is 29.6 Å². The molecule has 3 nitrogen and oxygen atoms in total.